The molecule has 0 amide bonds. The Kier molecular flexibility index (Phi) is 3.43. The average Bonchev–Trinajstić information content (AvgIpc) is 2.81. The molecule has 5 heteroatoms. The van der Waals surface area contributed by atoms with Crippen LogP contribution in [0.2, 0.25) is 0 Å². The summed E-state index contributed by atoms with van der Waals surface area (Å²) in [6, 6.07) is 3.37. The molecular formula is C16H18F2N2O. The highest BCUT2D eigenvalue weighted by molar-refractivity contribution is 5.76. The first kappa shape index (κ1) is 14.0. The maximum absolute atomic E-state index is 13.5. The minimum Gasteiger partial charge on any atom is -0.367 e. The molecule has 3 rings (SSSR count). The fraction of sp³-hybridized carbons (Fsp3) is 0.438. The van der Waals surface area contributed by atoms with Gasteiger partial charge in [-0.2, -0.15) is 0 Å². The monoisotopic (exact) mass is 292 g/mol. The van der Waals surface area contributed by atoms with Crippen molar-refractivity contribution in [2.45, 2.75) is 44.4 Å². The van der Waals surface area contributed by atoms with Gasteiger partial charge in [-0.1, -0.05) is 31.3 Å². The topological polar surface area (TPSA) is 52.0 Å². The first-order chi connectivity index (χ1) is 9.99. The Morgan fingerprint density at radius 1 is 1.10 bits per heavy atom. The lowest BCUT2D eigenvalue weighted by Crippen LogP contribution is -2.26. The molecule has 1 heterocycles. The van der Waals surface area contributed by atoms with Crippen molar-refractivity contribution in [1.29, 1.82) is 0 Å². The summed E-state index contributed by atoms with van der Waals surface area (Å²) in [4.78, 5) is 0. The predicted molar refractivity (Wildman–Crippen MR) is 76.7 cm³/mol. The predicted octanol–water partition coefficient (Wildman–Crippen LogP) is 4.42. The molecule has 0 radical (unpaired) electrons. The molecule has 1 aromatic heterocycles. The molecular weight excluding hydrogens is 274 g/mol. The van der Waals surface area contributed by atoms with Crippen molar-refractivity contribution in [2.75, 3.05) is 5.73 Å². The molecule has 3 nitrogen and oxygen atoms in total. The van der Waals surface area contributed by atoms with E-state index in [2.05, 4.69) is 12.1 Å². The van der Waals surface area contributed by atoms with Crippen molar-refractivity contribution in [2.24, 2.45) is 0 Å². The van der Waals surface area contributed by atoms with Gasteiger partial charge in [0.2, 0.25) is 5.88 Å². The molecule has 1 aliphatic rings. The van der Waals surface area contributed by atoms with Crippen LogP contribution in [0.1, 0.15) is 44.7 Å². The zero-order chi connectivity index (χ0) is 15.0. The molecule has 2 aromatic rings. The minimum absolute atomic E-state index is 0.113. The number of anilines is 1. The van der Waals surface area contributed by atoms with E-state index in [1.54, 1.807) is 0 Å². The van der Waals surface area contributed by atoms with Crippen LogP contribution in [0.3, 0.4) is 0 Å². The Bertz CT molecular complexity index is 640. The number of benzene rings is 1. The quantitative estimate of drug-likeness (QED) is 0.891. The summed E-state index contributed by atoms with van der Waals surface area (Å²) in [6.07, 6.45) is 5.38. The summed E-state index contributed by atoms with van der Waals surface area (Å²) >= 11 is 0. The van der Waals surface area contributed by atoms with Gasteiger partial charge in [-0.15, -0.1) is 0 Å². The Morgan fingerprint density at radius 3 is 2.33 bits per heavy atom. The van der Waals surface area contributed by atoms with Crippen molar-refractivity contribution >= 4 is 5.88 Å². The summed E-state index contributed by atoms with van der Waals surface area (Å²) in [6.45, 7) is 2.11. The largest absolute Gasteiger partial charge is 0.367 e. The molecule has 1 aromatic carbocycles. The lowest BCUT2D eigenvalue weighted by atomic mass is 9.72. The third kappa shape index (κ3) is 2.52. The Balaban J connectivity index is 2.12. The first-order valence-electron chi connectivity index (χ1n) is 7.22. The second kappa shape index (κ2) is 5.13. The van der Waals surface area contributed by atoms with Crippen LogP contribution in [-0.4, -0.2) is 5.16 Å². The third-order valence-electron chi connectivity index (χ3n) is 4.40. The summed E-state index contributed by atoms with van der Waals surface area (Å²) in [5, 5.41) is 4.10. The SMILES string of the molecule is CC1(c2noc(N)c2-c2cc(F)cc(F)c2)CCCCC1. The van der Waals surface area contributed by atoms with Crippen molar-refractivity contribution in [3.63, 3.8) is 0 Å². The van der Waals surface area contributed by atoms with Gasteiger partial charge in [0.1, 0.15) is 11.6 Å². The number of nitrogen functional groups attached to an aromatic ring is 1. The second-order valence-corrected chi connectivity index (χ2v) is 6.05. The molecule has 1 fully saturated rings. The van der Waals surface area contributed by atoms with Crippen molar-refractivity contribution in [1.82, 2.24) is 5.16 Å². The number of hydrogen-bond acceptors (Lipinski definition) is 3. The van der Waals surface area contributed by atoms with E-state index >= 15 is 0 Å². The number of aromatic nitrogens is 1. The zero-order valence-electron chi connectivity index (χ0n) is 12.0. The Morgan fingerprint density at radius 2 is 1.71 bits per heavy atom. The van der Waals surface area contributed by atoms with E-state index in [0.717, 1.165) is 31.7 Å². The number of nitrogens with two attached hydrogens (primary N) is 1. The molecule has 0 aliphatic heterocycles. The van der Waals surface area contributed by atoms with Crippen molar-refractivity contribution in [3.05, 3.63) is 35.5 Å². The maximum Gasteiger partial charge on any atom is 0.230 e. The van der Waals surface area contributed by atoms with Crippen LogP contribution < -0.4 is 5.73 Å². The van der Waals surface area contributed by atoms with Crippen molar-refractivity contribution in [3.8, 4) is 11.1 Å². The molecule has 0 bridgehead atoms. The summed E-state index contributed by atoms with van der Waals surface area (Å²) < 4.78 is 32.1. The van der Waals surface area contributed by atoms with E-state index in [4.69, 9.17) is 10.3 Å². The van der Waals surface area contributed by atoms with Gasteiger partial charge in [0, 0.05) is 11.5 Å². The van der Waals surface area contributed by atoms with Gasteiger partial charge in [-0.25, -0.2) is 8.78 Å². The van der Waals surface area contributed by atoms with Gasteiger partial charge in [-0.05, 0) is 30.5 Å². The highest BCUT2D eigenvalue weighted by Crippen LogP contribution is 2.44. The summed E-state index contributed by atoms with van der Waals surface area (Å²) in [5.41, 5.74) is 7.33. The standard InChI is InChI=1S/C16H18F2N2O/c1-16(5-3-2-4-6-16)14-13(15(19)21-20-14)10-7-11(17)9-12(18)8-10/h7-9H,2-6,19H2,1H3. The summed E-state index contributed by atoms with van der Waals surface area (Å²) in [7, 11) is 0. The Labute approximate surface area is 122 Å². The lowest BCUT2D eigenvalue weighted by molar-refractivity contribution is 0.295. The van der Waals surface area contributed by atoms with Gasteiger partial charge in [0.15, 0.2) is 0 Å². The van der Waals surface area contributed by atoms with E-state index in [-0.39, 0.29) is 11.3 Å². The van der Waals surface area contributed by atoms with Gasteiger partial charge < -0.3 is 10.3 Å². The third-order valence-corrected chi connectivity index (χ3v) is 4.40. The highest BCUT2D eigenvalue weighted by Gasteiger charge is 2.35. The highest BCUT2D eigenvalue weighted by atomic mass is 19.1. The number of halogens is 2. The number of hydrogen-bond donors (Lipinski definition) is 1. The van der Waals surface area contributed by atoms with Crippen molar-refractivity contribution < 1.29 is 13.3 Å². The van der Waals surface area contributed by atoms with Crippen LogP contribution in [-0.2, 0) is 5.41 Å². The van der Waals surface area contributed by atoms with Crippen LogP contribution in [0.15, 0.2) is 22.7 Å². The van der Waals surface area contributed by atoms with Gasteiger partial charge in [-0.3, -0.25) is 0 Å². The first-order valence-corrected chi connectivity index (χ1v) is 7.22. The van der Waals surface area contributed by atoms with Gasteiger partial charge in [0.05, 0.1) is 11.3 Å². The molecule has 1 saturated carbocycles. The fourth-order valence-electron chi connectivity index (χ4n) is 3.26. The fourth-order valence-corrected chi connectivity index (χ4v) is 3.26. The van der Waals surface area contributed by atoms with Crippen LogP contribution in [0, 0.1) is 11.6 Å². The van der Waals surface area contributed by atoms with Crippen LogP contribution in [0.4, 0.5) is 14.7 Å². The zero-order valence-corrected chi connectivity index (χ0v) is 12.0. The normalized spacial score (nSPS) is 17.9. The van der Waals surface area contributed by atoms with Gasteiger partial charge in [0.25, 0.3) is 0 Å². The van der Waals surface area contributed by atoms with Crippen LogP contribution >= 0.6 is 0 Å². The lowest BCUT2D eigenvalue weighted by Gasteiger charge is -2.32. The molecule has 21 heavy (non-hydrogen) atoms. The van der Waals surface area contributed by atoms with Crippen LogP contribution in [0.5, 0.6) is 0 Å². The van der Waals surface area contributed by atoms with E-state index in [9.17, 15) is 8.78 Å². The molecule has 1 aliphatic carbocycles. The molecule has 112 valence electrons. The van der Waals surface area contributed by atoms with Gasteiger partial charge >= 0.3 is 0 Å². The maximum atomic E-state index is 13.5. The minimum atomic E-state index is -0.634. The Hall–Kier alpha value is -1.91. The molecule has 0 atom stereocenters. The summed E-state index contributed by atoms with van der Waals surface area (Å²) in [5.74, 6) is -1.16. The molecule has 0 unspecified atom stereocenters. The second-order valence-electron chi connectivity index (χ2n) is 6.05. The number of rotatable bonds is 2. The molecule has 0 saturated heterocycles. The molecule has 0 spiro atoms. The smallest absolute Gasteiger partial charge is 0.230 e. The van der Waals surface area contributed by atoms with E-state index < -0.39 is 11.6 Å². The van der Waals surface area contributed by atoms with E-state index in [1.165, 1.54) is 18.6 Å². The average molecular weight is 292 g/mol. The number of nitrogens with zero attached hydrogens (tertiary/aromatic N) is 1. The van der Waals surface area contributed by atoms with E-state index in [1.807, 2.05) is 0 Å². The van der Waals surface area contributed by atoms with Crippen LogP contribution in [0.25, 0.3) is 11.1 Å². The molecule has 2 N–H and O–H groups in total. The van der Waals surface area contributed by atoms with E-state index in [0.29, 0.717) is 16.8 Å².